The van der Waals surface area contributed by atoms with Gasteiger partial charge in [-0.05, 0) is 60.2 Å². The highest BCUT2D eigenvalue weighted by atomic mass is 32.2. The Bertz CT molecular complexity index is 1540. The molecular weight excluding hydrogens is 538 g/mol. The first-order valence-electron chi connectivity index (χ1n) is 13.7. The van der Waals surface area contributed by atoms with Crippen molar-refractivity contribution in [1.82, 2.24) is 14.9 Å². The summed E-state index contributed by atoms with van der Waals surface area (Å²) in [7, 11) is -3.54. The minimum Gasteiger partial charge on any atom is -0.467 e. The van der Waals surface area contributed by atoms with E-state index < -0.39 is 16.1 Å². The van der Waals surface area contributed by atoms with Crippen LogP contribution in [0.4, 0.5) is 0 Å². The number of carbonyl (C=O) groups excluding carboxylic acids is 2. The third-order valence-electron chi connectivity index (χ3n) is 6.97. The predicted octanol–water partition coefficient (Wildman–Crippen LogP) is 4.74. The Kier molecular flexibility index (Phi) is 8.96. The van der Waals surface area contributed by atoms with E-state index >= 15 is 0 Å². The van der Waals surface area contributed by atoms with Gasteiger partial charge in [-0.15, -0.1) is 0 Å². The molecule has 1 aliphatic rings. The van der Waals surface area contributed by atoms with E-state index in [9.17, 15) is 18.0 Å². The van der Waals surface area contributed by atoms with Gasteiger partial charge in [0, 0.05) is 19.0 Å². The first kappa shape index (κ1) is 28.3. The Morgan fingerprint density at radius 1 is 0.854 bits per heavy atom. The van der Waals surface area contributed by atoms with Crippen molar-refractivity contribution >= 4 is 21.8 Å². The first-order chi connectivity index (χ1) is 19.9. The van der Waals surface area contributed by atoms with Gasteiger partial charge in [-0.25, -0.2) is 13.1 Å². The maximum atomic E-state index is 13.8. The summed E-state index contributed by atoms with van der Waals surface area (Å²) < 4.78 is 33.1. The zero-order valence-corrected chi connectivity index (χ0v) is 23.4. The van der Waals surface area contributed by atoms with Crippen molar-refractivity contribution in [1.29, 1.82) is 0 Å². The molecule has 1 unspecified atom stereocenters. The molecule has 1 heterocycles. The number of aryl methyl sites for hydroxylation is 1. The zero-order valence-electron chi connectivity index (χ0n) is 22.6. The van der Waals surface area contributed by atoms with Crippen LogP contribution < -0.4 is 10.0 Å². The number of benzene rings is 3. The van der Waals surface area contributed by atoms with E-state index in [0.717, 1.165) is 24.0 Å². The normalized spacial score (nSPS) is 13.9. The molecule has 0 bridgehead atoms. The van der Waals surface area contributed by atoms with Gasteiger partial charge in [-0.3, -0.25) is 9.59 Å². The summed E-state index contributed by atoms with van der Waals surface area (Å²) >= 11 is 0. The highest BCUT2D eigenvalue weighted by Crippen LogP contribution is 2.26. The molecule has 1 aromatic heterocycles. The second-order valence-electron chi connectivity index (χ2n) is 10.2. The van der Waals surface area contributed by atoms with Crippen molar-refractivity contribution in [2.24, 2.45) is 0 Å². The van der Waals surface area contributed by atoms with Crippen LogP contribution in [0.25, 0.3) is 0 Å². The van der Waals surface area contributed by atoms with E-state index in [4.69, 9.17) is 4.42 Å². The maximum absolute atomic E-state index is 13.8. The molecule has 1 fully saturated rings. The van der Waals surface area contributed by atoms with E-state index in [1.165, 1.54) is 0 Å². The van der Waals surface area contributed by atoms with Crippen molar-refractivity contribution in [2.45, 2.75) is 55.8 Å². The number of nitrogens with one attached hydrogen (secondary N) is 2. The maximum Gasteiger partial charge on any atom is 0.247 e. The molecule has 8 nitrogen and oxygen atoms in total. The number of rotatable bonds is 13. The molecule has 4 aromatic rings. The summed E-state index contributed by atoms with van der Waals surface area (Å²) in [4.78, 5) is 29.3. The number of amides is 2. The van der Waals surface area contributed by atoms with Crippen LogP contribution in [0.3, 0.4) is 0 Å². The van der Waals surface area contributed by atoms with Crippen LogP contribution in [0, 0.1) is 0 Å². The topological polar surface area (TPSA) is 109 Å². The number of carbonyl (C=O) groups is 2. The summed E-state index contributed by atoms with van der Waals surface area (Å²) in [6, 6.07) is 28.1. The lowest BCUT2D eigenvalue weighted by Gasteiger charge is -2.31. The average Bonchev–Trinajstić information content (AvgIpc) is 3.63. The van der Waals surface area contributed by atoms with Crippen LogP contribution >= 0.6 is 0 Å². The van der Waals surface area contributed by atoms with Crippen molar-refractivity contribution in [2.75, 3.05) is 0 Å². The summed E-state index contributed by atoms with van der Waals surface area (Å²) in [5.74, 6) is 0.112. The molecule has 1 saturated carbocycles. The Balaban J connectivity index is 1.35. The van der Waals surface area contributed by atoms with Crippen LogP contribution in [0.1, 0.15) is 47.8 Å². The summed E-state index contributed by atoms with van der Waals surface area (Å²) in [6.45, 7) is 0.449. The Hall–Kier alpha value is -4.21. The molecule has 3 aromatic carbocycles. The Morgan fingerprint density at radius 3 is 2.17 bits per heavy atom. The summed E-state index contributed by atoms with van der Waals surface area (Å²) in [5.41, 5.74) is 2.44. The van der Waals surface area contributed by atoms with Crippen molar-refractivity contribution in [3.05, 3.63) is 126 Å². The number of sulfonamides is 1. The molecule has 0 radical (unpaired) electrons. The molecule has 0 spiro atoms. The second-order valence-corrected chi connectivity index (χ2v) is 11.9. The van der Waals surface area contributed by atoms with E-state index in [-0.39, 0.29) is 42.3 Å². The average molecular weight is 572 g/mol. The third-order valence-corrected chi connectivity index (χ3v) is 8.51. The first-order valence-corrected chi connectivity index (χ1v) is 15.2. The lowest BCUT2D eigenvalue weighted by Crippen LogP contribution is -2.43. The molecule has 5 rings (SSSR count). The van der Waals surface area contributed by atoms with Crippen LogP contribution in [0.15, 0.2) is 113 Å². The SMILES string of the molecule is O=C(NCc1ccco1)C(c1ccccc1)N(Cc1ccccc1)C(=O)CCc1ccc(S(=O)(=O)NC2CC2)cc1. The summed E-state index contributed by atoms with van der Waals surface area (Å²) in [6.07, 6.45) is 3.82. The monoisotopic (exact) mass is 571 g/mol. The van der Waals surface area contributed by atoms with Gasteiger partial charge in [-0.2, -0.15) is 0 Å². The second kappa shape index (κ2) is 13.0. The van der Waals surface area contributed by atoms with Crippen LogP contribution in [-0.4, -0.2) is 31.2 Å². The molecule has 1 aliphatic carbocycles. The van der Waals surface area contributed by atoms with Gasteiger partial charge < -0.3 is 14.6 Å². The van der Waals surface area contributed by atoms with E-state index in [2.05, 4.69) is 10.0 Å². The lowest BCUT2D eigenvalue weighted by molar-refractivity contribution is -0.141. The Labute approximate surface area is 240 Å². The standard InChI is InChI=1S/C32H33N3O5S/c36-30(20-15-24-13-18-29(19-14-24)41(38,39)34-27-16-17-27)35(23-25-8-3-1-4-9-25)31(26-10-5-2-6-11-26)32(37)33-22-28-12-7-21-40-28/h1-14,18-19,21,27,31,34H,15-17,20,22-23H2,(H,33,37). The zero-order chi connectivity index (χ0) is 28.7. The van der Waals surface area contributed by atoms with E-state index in [0.29, 0.717) is 17.7 Å². The van der Waals surface area contributed by atoms with E-state index in [1.54, 1.807) is 47.6 Å². The quantitative estimate of drug-likeness (QED) is 0.241. The fourth-order valence-electron chi connectivity index (χ4n) is 4.61. The van der Waals surface area contributed by atoms with Gasteiger partial charge in [-0.1, -0.05) is 72.8 Å². The molecule has 0 aliphatic heterocycles. The lowest BCUT2D eigenvalue weighted by atomic mass is 10.0. The molecule has 2 amide bonds. The molecule has 1 atom stereocenters. The molecule has 9 heteroatoms. The van der Waals surface area contributed by atoms with E-state index in [1.807, 2.05) is 60.7 Å². The van der Waals surface area contributed by atoms with Gasteiger partial charge in [0.25, 0.3) is 0 Å². The Morgan fingerprint density at radius 2 is 1.54 bits per heavy atom. The fraction of sp³-hybridized carbons (Fsp3) is 0.250. The smallest absolute Gasteiger partial charge is 0.247 e. The van der Waals surface area contributed by atoms with Crippen LogP contribution in [-0.2, 0) is 39.1 Å². The number of hydrogen-bond donors (Lipinski definition) is 2. The molecular formula is C32H33N3O5S. The van der Waals surface area contributed by atoms with Gasteiger partial charge in [0.2, 0.25) is 21.8 Å². The molecule has 2 N–H and O–H groups in total. The molecule has 41 heavy (non-hydrogen) atoms. The van der Waals surface area contributed by atoms with Gasteiger partial charge in [0.15, 0.2) is 0 Å². The van der Waals surface area contributed by atoms with Crippen molar-refractivity contribution in [3.63, 3.8) is 0 Å². The highest BCUT2D eigenvalue weighted by Gasteiger charge is 2.32. The van der Waals surface area contributed by atoms with Crippen LogP contribution in [0.5, 0.6) is 0 Å². The minimum atomic E-state index is -3.54. The fourth-order valence-corrected chi connectivity index (χ4v) is 5.92. The third kappa shape index (κ3) is 7.71. The van der Waals surface area contributed by atoms with Gasteiger partial charge >= 0.3 is 0 Å². The van der Waals surface area contributed by atoms with Crippen LogP contribution in [0.2, 0.25) is 0 Å². The van der Waals surface area contributed by atoms with Gasteiger partial charge in [0.05, 0.1) is 17.7 Å². The number of furan rings is 1. The minimum absolute atomic E-state index is 0.0294. The summed E-state index contributed by atoms with van der Waals surface area (Å²) in [5, 5.41) is 2.93. The van der Waals surface area contributed by atoms with Crippen molar-refractivity contribution in [3.8, 4) is 0 Å². The molecule has 0 saturated heterocycles. The molecule has 212 valence electrons. The van der Waals surface area contributed by atoms with Crippen molar-refractivity contribution < 1.29 is 22.4 Å². The largest absolute Gasteiger partial charge is 0.467 e. The van der Waals surface area contributed by atoms with Gasteiger partial charge in [0.1, 0.15) is 11.8 Å². The number of nitrogens with zero attached hydrogens (tertiary/aromatic N) is 1. The number of hydrogen-bond acceptors (Lipinski definition) is 5. The highest BCUT2D eigenvalue weighted by molar-refractivity contribution is 7.89. The predicted molar refractivity (Wildman–Crippen MR) is 155 cm³/mol.